The van der Waals surface area contributed by atoms with Crippen LogP contribution in [0.15, 0.2) is 30.3 Å². The number of amides is 1. The third-order valence-electron chi connectivity index (χ3n) is 4.84. The molecule has 1 aromatic heterocycles. The number of aromatic nitrogens is 1. The lowest BCUT2D eigenvalue weighted by atomic mass is 9.74. The van der Waals surface area contributed by atoms with Crippen LogP contribution in [0.2, 0.25) is 0 Å². The van der Waals surface area contributed by atoms with Crippen LogP contribution in [0.1, 0.15) is 46.8 Å². The highest BCUT2D eigenvalue weighted by atomic mass is 32.1. The maximum absolute atomic E-state index is 12.7. The molecule has 25 heavy (non-hydrogen) atoms. The number of nitrogens with zero attached hydrogens (tertiary/aromatic N) is 1. The van der Waals surface area contributed by atoms with Crippen molar-refractivity contribution in [2.75, 3.05) is 6.54 Å². The summed E-state index contributed by atoms with van der Waals surface area (Å²) in [5.41, 5.74) is 0.719. The molecule has 1 amide bonds. The van der Waals surface area contributed by atoms with Crippen molar-refractivity contribution >= 4 is 23.2 Å². The molecule has 0 saturated heterocycles. The Balaban J connectivity index is 1.79. The Morgan fingerprint density at radius 3 is 2.52 bits per heavy atom. The number of carbonyl (C=O) groups excluding carboxylic acids is 1. The van der Waals surface area contributed by atoms with Gasteiger partial charge in [-0.25, -0.2) is 4.98 Å². The Morgan fingerprint density at radius 1 is 1.20 bits per heavy atom. The molecule has 2 N–H and O–H groups in total. The highest BCUT2D eigenvalue weighted by Crippen LogP contribution is 2.36. The number of carboxylic acid groups (broad SMARTS) is 1. The van der Waals surface area contributed by atoms with E-state index in [0.717, 1.165) is 29.8 Å². The minimum Gasteiger partial charge on any atom is -0.481 e. The number of carbonyl (C=O) groups is 2. The predicted molar refractivity (Wildman–Crippen MR) is 97.8 cm³/mol. The highest BCUT2D eigenvalue weighted by molar-refractivity contribution is 7.14. The van der Waals surface area contributed by atoms with Crippen LogP contribution in [0.5, 0.6) is 0 Å². The van der Waals surface area contributed by atoms with Crippen LogP contribution in [-0.4, -0.2) is 28.5 Å². The summed E-state index contributed by atoms with van der Waals surface area (Å²) in [5.74, 6) is -1.05. The Bertz CT molecular complexity index is 764. The van der Waals surface area contributed by atoms with Gasteiger partial charge in [-0.15, -0.1) is 11.3 Å². The number of thiazole rings is 1. The molecule has 0 radical (unpaired) electrons. The van der Waals surface area contributed by atoms with E-state index in [9.17, 15) is 14.7 Å². The highest BCUT2D eigenvalue weighted by Gasteiger charge is 2.40. The van der Waals surface area contributed by atoms with E-state index in [0.29, 0.717) is 23.4 Å². The molecule has 1 aromatic carbocycles. The van der Waals surface area contributed by atoms with Gasteiger partial charge in [0, 0.05) is 12.1 Å². The van der Waals surface area contributed by atoms with Crippen molar-refractivity contribution in [3.8, 4) is 11.3 Å². The lowest BCUT2D eigenvalue weighted by molar-refractivity contribution is -0.150. The van der Waals surface area contributed by atoms with Crippen molar-refractivity contribution < 1.29 is 14.7 Å². The van der Waals surface area contributed by atoms with E-state index < -0.39 is 11.4 Å². The van der Waals surface area contributed by atoms with E-state index in [1.807, 2.05) is 37.3 Å². The molecular formula is C19H22N2O3S. The van der Waals surface area contributed by atoms with Gasteiger partial charge in [-0.2, -0.15) is 0 Å². The standard InChI is InChI=1S/C19H22N2O3S/c1-13-21-15(14-8-4-2-5-9-14)16(25-13)17(22)20-12-19(18(23)24)10-6-3-7-11-19/h2,4-5,8-9H,3,6-7,10-12H2,1H3,(H,20,22)(H,23,24). The summed E-state index contributed by atoms with van der Waals surface area (Å²) < 4.78 is 0. The van der Waals surface area contributed by atoms with Crippen LogP contribution in [0.3, 0.4) is 0 Å². The van der Waals surface area contributed by atoms with E-state index in [-0.39, 0.29) is 12.5 Å². The summed E-state index contributed by atoms with van der Waals surface area (Å²) in [6.45, 7) is 2.04. The molecule has 1 aliphatic carbocycles. The Hall–Kier alpha value is -2.21. The van der Waals surface area contributed by atoms with E-state index in [4.69, 9.17) is 0 Å². The second-order valence-electron chi connectivity index (χ2n) is 6.61. The fourth-order valence-corrected chi connectivity index (χ4v) is 4.25. The molecule has 1 heterocycles. The minimum atomic E-state index is -0.833. The minimum absolute atomic E-state index is 0.173. The molecule has 0 spiro atoms. The van der Waals surface area contributed by atoms with Crippen LogP contribution in [0.4, 0.5) is 0 Å². The van der Waals surface area contributed by atoms with E-state index >= 15 is 0 Å². The normalized spacial score (nSPS) is 16.4. The van der Waals surface area contributed by atoms with Crippen LogP contribution in [0.25, 0.3) is 11.3 Å². The van der Waals surface area contributed by atoms with Gasteiger partial charge in [-0.1, -0.05) is 49.6 Å². The lowest BCUT2D eigenvalue weighted by Crippen LogP contribution is -2.44. The summed E-state index contributed by atoms with van der Waals surface area (Å²) >= 11 is 1.34. The first kappa shape index (κ1) is 17.6. The van der Waals surface area contributed by atoms with Gasteiger partial charge in [0.25, 0.3) is 5.91 Å². The summed E-state index contributed by atoms with van der Waals surface area (Å²) in [7, 11) is 0. The van der Waals surface area contributed by atoms with Crippen molar-refractivity contribution in [2.45, 2.75) is 39.0 Å². The molecule has 3 rings (SSSR count). The van der Waals surface area contributed by atoms with Crippen molar-refractivity contribution in [1.82, 2.24) is 10.3 Å². The number of carboxylic acids is 1. The first-order valence-corrected chi connectivity index (χ1v) is 9.38. The Morgan fingerprint density at radius 2 is 1.88 bits per heavy atom. The molecule has 0 atom stereocenters. The van der Waals surface area contributed by atoms with Gasteiger partial charge in [-0.3, -0.25) is 9.59 Å². The van der Waals surface area contributed by atoms with Crippen molar-refractivity contribution in [3.05, 3.63) is 40.2 Å². The summed E-state index contributed by atoms with van der Waals surface area (Å²) in [6, 6.07) is 9.58. The number of benzene rings is 1. The SMILES string of the molecule is Cc1nc(-c2ccccc2)c(C(=O)NCC2(C(=O)O)CCCCC2)s1. The molecule has 1 fully saturated rings. The topological polar surface area (TPSA) is 79.3 Å². The zero-order valence-corrected chi connectivity index (χ0v) is 15.1. The molecule has 2 aromatic rings. The quantitative estimate of drug-likeness (QED) is 0.850. The van der Waals surface area contributed by atoms with Crippen molar-refractivity contribution in [3.63, 3.8) is 0 Å². The number of hydrogen-bond acceptors (Lipinski definition) is 4. The van der Waals surface area contributed by atoms with Gasteiger partial charge in [-0.05, 0) is 19.8 Å². The first-order valence-electron chi connectivity index (χ1n) is 8.56. The second kappa shape index (κ2) is 7.35. The van der Waals surface area contributed by atoms with Crippen LogP contribution in [0, 0.1) is 12.3 Å². The third kappa shape index (κ3) is 3.74. The van der Waals surface area contributed by atoms with Crippen LogP contribution < -0.4 is 5.32 Å². The maximum atomic E-state index is 12.7. The molecule has 0 aliphatic heterocycles. The smallest absolute Gasteiger partial charge is 0.311 e. The zero-order chi connectivity index (χ0) is 17.9. The predicted octanol–water partition coefficient (Wildman–Crippen LogP) is 3.88. The summed E-state index contributed by atoms with van der Waals surface area (Å²) in [6.07, 6.45) is 4.11. The monoisotopic (exact) mass is 358 g/mol. The van der Waals surface area contributed by atoms with Crippen LogP contribution >= 0.6 is 11.3 Å². The first-order chi connectivity index (χ1) is 12.0. The van der Waals surface area contributed by atoms with Crippen molar-refractivity contribution in [2.24, 2.45) is 5.41 Å². The number of aliphatic carboxylic acids is 1. The number of hydrogen-bond donors (Lipinski definition) is 2. The molecule has 6 heteroatoms. The van der Waals surface area contributed by atoms with E-state index in [1.54, 1.807) is 0 Å². The second-order valence-corrected chi connectivity index (χ2v) is 7.81. The largest absolute Gasteiger partial charge is 0.481 e. The van der Waals surface area contributed by atoms with E-state index in [1.165, 1.54) is 11.3 Å². The zero-order valence-electron chi connectivity index (χ0n) is 14.2. The van der Waals surface area contributed by atoms with Gasteiger partial charge in [0.05, 0.1) is 16.1 Å². The Kier molecular flexibility index (Phi) is 5.18. The molecule has 0 bridgehead atoms. The summed E-state index contributed by atoms with van der Waals surface area (Å²) in [4.78, 5) is 29.5. The Labute approximate surface area is 151 Å². The van der Waals surface area contributed by atoms with E-state index in [2.05, 4.69) is 10.3 Å². The molecule has 1 aliphatic rings. The fourth-order valence-electron chi connectivity index (χ4n) is 3.40. The third-order valence-corrected chi connectivity index (χ3v) is 5.81. The van der Waals surface area contributed by atoms with Gasteiger partial charge in [0.1, 0.15) is 4.88 Å². The van der Waals surface area contributed by atoms with Gasteiger partial charge in [0.2, 0.25) is 0 Å². The number of nitrogens with one attached hydrogen (secondary N) is 1. The average molecular weight is 358 g/mol. The summed E-state index contributed by atoms with van der Waals surface area (Å²) in [5, 5.41) is 13.3. The molecule has 132 valence electrons. The molecule has 0 unspecified atom stereocenters. The van der Waals surface area contributed by atoms with Gasteiger partial charge >= 0.3 is 5.97 Å². The molecule has 1 saturated carbocycles. The van der Waals surface area contributed by atoms with Gasteiger partial charge < -0.3 is 10.4 Å². The fraction of sp³-hybridized carbons (Fsp3) is 0.421. The maximum Gasteiger partial charge on any atom is 0.311 e. The average Bonchev–Trinajstić information content (AvgIpc) is 3.03. The van der Waals surface area contributed by atoms with Crippen molar-refractivity contribution in [1.29, 1.82) is 0 Å². The van der Waals surface area contributed by atoms with Crippen LogP contribution in [-0.2, 0) is 4.79 Å². The molecule has 5 nitrogen and oxygen atoms in total. The van der Waals surface area contributed by atoms with Gasteiger partial charge in [0.15, 0.2) is 0 Å². The lowest BCUT2D eigenvalue weighted by Gasteiger charge is -2.33. The molecular weight excluding hydrogens is 336 g/mol. The number of aryl methyl sites for hydroxylation is 1. The number of rotatable bonds is 5.